The average molecular weight is 681 g/mol. The molecule has 1 aliphatic heterocycles. The molecule has 0 aliphatic carbocycles. The van der Waals surface area contributed by atoms with Crippen molar-refractivity contribution in [1.29, 1.82) is 0 Å². The highest BCUT2D eigenvalue weighted by Gasteiger charge is 2.33. The van der Waals surface area contributed by atoms with E-state index in [4.69, 9.17) is 27.9 Å². The third kappa shape index (κ3) is 8.63. The zero-order valence-electron chi connectivity index (χ0n) is 25.7. The number of rotatable bonds is 9. The van der Waals surface area contributed by atoms with E-state index in [1.165, 1.54) is 0 Å². The van der Waals surface area contributed by atoms with Crippen molar-refractivity contribution in [2.45, 2.75) is 38.3 Å². The van der Waals surface area contributed by atoms with Crippen LogP contribution in [0.2, 0.25) is 10.3 Å². The number of piperidine rings is 1. The lowest BCUT2D eigenvalue weighted by atomic mass is 10.1. The summed E-state index contributed by atoms with van der Waals surface area (Å²) in [5, 5.41) is 9.59. The summed E-state index contributed by atoms with van der Waals surface area (Å²) in [4.78, 5) is 19.5. The van der Waals surface area contributed by atoms with Gasteiger partial charge in [0.1, 0.15) is 10.3 Å². The summed E-state index contributed by atoms with van der Waals surface area (Å²) in [6.45, 7) is 3.85. The minimum atomic E-state index is -2.49. The number of pyridine rings is 4. The second-order valence-electron chi connectivity index (χ2n) is 11.3. The fourth-order valence-electron chi connectivity index (χ4n) is 5.29. The molecule has 1 fully saturated rings. The topological polar surface area (TPSA) is 99.7 Å². The highest BCUT2D eigenvalue weighted by Crippen LogP contribution is 2.28. The lowest BCUT2D eigenvalue weighted by Gasteiger charge is -2.31. The number of halogens is 4. The van der Waals surface area contributed by atoms with Crippen LogP contribution in [-0.4, -0.2) is 83.7 Å². The average Bonchev–Trinajstić information content (AvgIpc) is 3.74. The van der Waals surface area contributed by atoms with E-state index in [2.05, 4.69) is 35.0 Å². The molecule has 0 N–H and O–H groups in total. The monoisotopic (exact) mass is 679 g/mol. The van der Waals surface area contributed by atoms with Gasteiger partial charge in [-0.3, -0.25) is 19.3 Å². The predicted molar refractivity (Wildman–Crippen MR) is 179 cm³/mol. The maximum absolute atomic E-state index is 13.2. The predicted octanol–water partition coefficient (Wildman–Crippen LogP) is 7.06. The van der Waals surface area contributed by atoms with Gasteiger partial charge in [0.25, 0.3) is 5.92 Å². The first kappa shape index (κ1) is 32.8. The van der Waals surface area contributed by atoms with Crippen LogP contribution in [0.25, 0.3) is 44.3 Å². The molecule has 47 heavy (non-hydrogen) atoms. The van der Waals surface area contributed by atoms with Crippen LogP contribution in [-0.2, 0) is 17.8 Å². The number of aromatic nitrogens is 8. The summed E-state index contributed by atoms with van der Waals surface area (Å²) in [6, 6.07) is 11.1. The highest BCUT2D eigenvalue weighted by atomic mass is 35.5. The van der Waals surface area contributed by atoms with Gasteiger partial charge >= 0.3 is 0 Å². The lowest BCUT2D eigenvalue weighted by Crippen LogP contribution is -2.39. The Morgan fingerprint density at radius 3 is 1.77 bits per heavy atom. The molecule has 0 radical (unpaired) electrons. The van der Waals surface area contributed by atoms with Gasteiger partial charge < -0.3 is 9.64 Å². The minimum absolute atomic E-state index is 0.0358. The largest absolute Gasteiger partial charge is 0.383 e. The number of methoxy groups -OCH3 is 1. The lowest BCUT2D eigenvalue weighted by molar-refractivity contribution is -0.0553. The summed E-state index contributed by atoms with van der Waals surface area (Å²) < 4.78 is 35.1. The first-order chi connectivity index (χ1) is 22.7. The molecule has 10 nitrogen and oxygen atoms in total. The Morgan fingerprint density at radius 1 is 0.702 bits per heavy atom. The number of hydrogen-bond donors (Lipinski definition) is 0. The fourth-order valence-corrected chi connectivity index (χ4v) is 5.60. The Bertz CT molecular complexity index is 1960. The van der Waals surface area contributed by atoms with Gasteiger partial charge in [-0.25, -0.2) is 18.7 Å². The first-order valence-corrected chi connectivity index (χ1v) is 16.0. The van der Waals surface area contributed by atoms with Crippen LogP contribution in [0.15, 0.2) is 73.6 Å². The molecule has 6 aromatic rings. The maximum atomic E-state index is 13.2. The SMILES string of the molecule is COCCn1cc(-c2cnc3ccc(Cl)nc3c2)cn1.FC1(F)CCN(CCCn2cc(-c3cnc4ccc(Cl)nc4c3)cn2)CC1. The zero-order chi connectivity index (χ0) is 32.8. The van der Waals surface area contributed by atoms with Crippen LogP contribution < -0.4 is 0 Å². The molecule has 7 heterocycles. The summed E-state index contributed by atoms with van der Waals surface area (Å²) in [6.07, 6.45) is 12.0. The smallest absolute Gasteiger partial charge is 0.250 e. The standard InChI is InChI=1S/C19H20ClF2N5.C14H13ClN4O/c20-18-3-2-16-17(25-18)10-14(11-23-16)15-12-24-27(13-15)7-1-6-26-8-4-19(21,22)5-9-26;1-20-5-4-19-9-11(8-17-19)10-6-13-12(16-7-10)2-3-14(15)18-13/h2-3,10-13H,1,4-9H2;2-3,6-9H,4-5H2,1H3. The molecule has 14 heteroatoms. The summed E-state index contributed by atoms with van der Waals surface area (Å²) >= 11 is 11.9. The molecular formula is C33H33Cl2F2N9O. The highest BCUT2D eigenvalue weighted by molar-refractivity contribution is 6.30. The van der Waals surface area contributed by atoms with Gasteiger partial charge in [-0.15, -0.1) is 0 Å². The van der Waals surface area contributed by atoms with E-state index in [9.17, 15) is 8.78 Å². The van der Waals surface area contributed by atoms with Gasteiger partial charge in [0, 0.05) is 86.6 Å². The van der Waals surface area contributed by atoms with Gasteiger partial charge in [-0.2, -0.15) is 10.2 Å². The third-order valence-electron chi connectivity index (χ3n) is 7.91. The van der Waals surface area contributed by atoms with Crippen LogP contribution in [0.3, 0.4) is 0 Å². The summed E-state index contributed by atoms with van der Waals surface area (Å²) in [5.74, 6) is -2.49. The van der Waals surface area contributed by atoms with E-state index in [1.54, 1.807) is 31.6 Å². The molecule has 7 rings (SSSR count). The van der Waals surface area contributed by atoms with Crippen LogP contribution >= 0.6 is 23.2 Å². The molecule has 0 spiro atoms. The zero-order valence-corrected chi connectivity index (χ0v) is 27.2. The minimum Gasteiger partial charge on any atom is -0.383 e. The fraction of sp³-hybridized carbons (Fsp3) is 0.333. The van der Waals surface area contributed by atoms with Crippen molar-refractivity contribution in [1.82, 2.24) is 44.4 Å². The third-order valence-corrected chi connectivity index (χ3v) is 8.33. The van der Waals surface area contributed by atoms with Crippen molar-refractivity contribution in [3.8, 4) is 22.3 Å². The van der Waals surface area contributed by atoms with Gasteiger partial charge in [0.05, 0.1) is 47.6 Å². The van der Waals surface area contributed by atoms with Crippen LogP contribution in [0.5, 0.6) is 0 Å². The first-order valence-electron chi connectivity index (χ1n) is 15.2. The van der Waals surface area contributed by atoms with E-state index >= 15 is 0 Å². The number of ether oxygens (including phenoxy) is 1. The molecule has 244 valence electrons. The van der Waals surface area contributed by atoms with Crippen molar-refractivity contribution in [3.63, 3.8) is 0 Å². The number of nitrogens with zero attached hydrogens (tertiary/aromatic N) is 9. The molecule has 0 atom stereocenters. The van der Waals surface area contributed by atoms with E-state index in [-0.39, 0.29) is 12.8 Å². The molecule has 0 saturated carbocycles. The molecular weight excluding hydrogens is 647 g/mol. The van der Waals surface area contributed by atoms with Crippen molar-refractivity contribution in [2.75, 3.05) is 33.4 Å². The molecule has 0 aromatic carbocycles. The molecule has 1 saturated heterocycles. The van der Waals surface area contributed by atoms with Gasteiger partial charge in [-0.05, 0) is 49.4 Å². The maximum Gasteiger partial charge on any atom is 0.250 e. The van der Waals surface area contributed by atoms with Crippen molar-refractivity contribution in [2.24, 2.45) is 0 Å². The molecule has 1 aliphatic rings. The van der Waals surface area contributed by atoms with E-state index in [0.29, 0.717) is 30.0 Å². The summed E-state index contributed by atoms with van der Waals surface area (Å²) in [7, 11) is 1.67. The number of aryl methyl sites for hydroxylation is 1. The molecule has 0 bridgehead atoms. The second kappa shape index (κ2) is 14.8. The quantitative estimate of drug-likeness (QED) is 0.150. The Kier molecular flexibility index (Phi) is 10.3. The van der Waals surface area contributed by atoms with Crippen LogP contribution in [0.1, 0.15) is 19.3 Å². The number of likely N-dealkylation sites (tertiary alicyclic amines) is 1. The molecule has 0 amide bonds. The Morgan fingerprint density at radius 2 is 1.23 bits per heavy atom. The van der Waals surface area contributed by atoms with E-state index in [1.807, 2.05) is 58.4 Å². The van der Waals surface area contributed by atoms with E-state index < -0.39 is 5.92 Å². The Hall–Kier alpha value is -4.10. The Balaban J connectivity index is 0.000000172. The van der Waals surface area contributed by atoms with Crippen LogP contribution in [0.4, 0.5) is 8.78 Å². The van der Waals surface area contributed by atoms with Crippen LogP contribution in [0, 0.1) is 0 Å². The van der Waals surface area contributed by atoms with Crippen molar-refractivity contribution >= 4 is 45.3 Å². The van der Waals surface area contributed by atoms with Gasteiger partial charge in [-0.1, -0.05) is 23.2 Å². The van der Waals surface area contributed by atoms with E-state index in [0.717, 1.165) is 70.4 Å². The second-order valence-corrected chi connectivity index (χ2v) is 12.1. The van der Waals surface area contributed by atoms with Crippen molar-refractivity contribution < 1.29 is 13.5 Å². The number of fused-ring (bicyclic) bond motifs is 2. The normalized spacial score (nSPS) is 14.7. The van der Waals surface area contributed by atoms with Gasteiger partial charge in [0.15, 0.2) is 0 Å². The number of hydrogen-bond acceptors (Lipinski definition) is 8. The summed E-state index contributed by atoms with van der Waals surface area (Å²) in [5.41, 5.74) is 7.00. The Labute approximate surface area is 280 Å². The van der Waals surface area contributed by atoms with Crippen molar-refractivity contribution in [3.05, 3.63) is 83.9 Å². The van der Waals surface area contributed by atoms with Gasteiger partial charge in [0.2, 0.25) is 0 Å². The molecule has 6 aromatic heterocycles. The molecule has 0 unspecified atom stereocenters. The number of alkyl halides is 2.